The van der Waals surface area contributed by atoms with Gasteiger partial charge in [-0.15, -0.1) is 0 Å². The van der Waals surface area contributed by atoms with Crippen LogP contribution in [-0.2, 0) is 0 Å². The first-order valence-corrected chi connectivity index (χ1v) is 5.59. The summed E-state index contributed by atoms with van der Waals surface area (Å²) < 4.78 is 0. The van der Waals surface area contributed by atoms with E-state index in [1.165, 1.54) is 5.39 Å². The van der Waals surface area contributed by atoms with E-state index in [9.17, 15) is 5.11 Å². The fourth-order valence-electron chi connectivity index (χ4n) is 2.07. The normalized spacial score (nSPS) is 18.8. The van der Waals surface area contributed by atoms with Gasteiger partial charge in [0.1, 0.15) is 6.10 Å². The zero-order chi connectivity index (χ0) is 11.1. The summed E-state index contributed by atoms with van der Waals surface area (Å²) in [6.07, 6.45) is 3.13. The van der Waals surface area contributed by atoms with Gasteiger partial charge in [-0.3, -0.25) is 0 Å². The van der Waals surface area contributed by atoms with Gasteiger partial charge in [0.2, 0.25) is 0 Å². The predicted octanol–water partition coefficient (Wildman–Crippen LogP) is 3.27. The van der Waals surface area contributed by atoms with E-state index in [1.807, 2.05) is 30.3 Å². The highest BCUT2D eigenvalue weighted by Gasteiger charge is 2.18. The van der Waals surface area contributed by atoms with E-state index in [0.717, 1.165) is 16.5 Å². The molecule has 16 heavy (non-hydrogen) atoms. The Hall–Kier alpha value is -1.51. The zero-order valence-corrected chi connectivity index (χ0v) is 9.37. The Labute approximate surface area is 99.0 Å². The van der Waals surface area contributed by atoms with Crippen molar-refractivity contribution < 1.29 is 5.11 Å². The van der Waals surface area contributed by atoms with Gasteiger partial charge in [-0.25, -0.2) is 0 Å². The van der Waals surface area contributed by atoms with Crippen molar-refractivity contribution in [2.45, 2.75) is 6.10 Å². The van der Waals surface area contributed by atoms with Crippen molar-refractivity contribution >= 4 is 33.9 Å². The highest BCUT2D eigenvalue weighted by Crippen LogP contribution is 2.30. The minimum Gasteiger partial charge on any atom is -0.383 e. The van der Waals surface area contributed by atoms with E-state index in [4.69, 9.17) is 12.2 Å². The van der Waals surface area contributed by atoms with Crippen molar-refractivity contribution in [3.8, 4) is 0 Å². The van der Waals surface area contributed by atoms with Crippen LogP contribution in [0, 0.1) is 0 Å². The summed E-state index contributed by atoms with van der Waals surface area (Å²) in [6.45, 7) is 0. The molecule has 0 bridgehead atoms. The molecule has 1 atom stereocenters. The number of hydrogen-bond acceptors (Lipinski definition) is 2. The molecule has 0 saturated carbocycles. The molecule has 2 aromatic rings. The van der Waals surface area contributed by atoms with Gasteiger partial charge in [0, 0.05) is 4.86 Å². The van der Waals surface area contributed by atoms with Gasteiger partial charge in [0.25, 0.3) is 0 Å². The average Bonchev–Trinajstić information content (AvgIpc) is 2.32. The molecule has 0 amide bonds. The summed E-state index contributed by atoms with van der Waals surface area (Å²) in [7, 11) is 0. The van der Waals surface area contributed by atoms with E-state index in [0.29, 0.717) is 4.86 Å². The Morgan fingerprint density at radius 1 is 1.00 bits per heavy atom. The number of thiocarbonyl (C=S) groups is 1. The van der Waals surface area contributed by atoms with Crippen LogP contribution in [0.15, 0.2) is 42.5 Å². The van der Waals surface area contributed by atoms with Crippen molar-refractivity contribution in [1.29, 1.82) is 0 Å². The molecule has 0 aromatic heterocycles. The van der Waals surface area contributed by atoms with Gasteiger partial charge < -0.3 is 5.11 Å². The van der Waals surface area contributed by atoms with Crippen LogP contribution in [0.2, 0.25) is 0 Å². The second-order valence-corrected chi connectivity index (χ2v) is 4.44. The SMILES string of the molecule is OC1C(=S)C=Cc2cc3ccccc3cc21. The molecule has 0 saturated heterocycles. The van der Waals surface area contributed by atoms with E-state index in [2.05, 4.69) is 12.1 Å². The van der Waals surface area contributed by atoms with Crippen LogP contribution in [-0.4, -0.2) is 9.97 Å². The van der Waals surface area contributed by atoms with E-state index < -0.39 is 6.10 Å². The molecule has 78 valence electrons. The summed E-state index contributed by atoms with van der Waals surface area (Å²) in [5.41, 5.74) is 1.96. The molecule has 3 rings (SSSR count). The summed E-state index contributed by atoms with van der Waals surface area (Å²) >= 11 is 5.09. The fraction of sp³-hybridized carbons (Fsp3) is 0.0714. The Kier molecular flexibility index (Phi) is 2.13. The lowest BCUT2D eigenvalue weighted by molar-refractivity contribution is 0.250. The first kappa shape index (κ1) is 9.70. The first-order valence-electron chi connectivity index (χ1n) is 5.18. The van der Waals surface area contributed by atoms with Crippen LogP contribution in [0.5, 0.6) is 0 Å². The average molecular weight is 226 g/mol. The molecule has 0 fully saturated rings. The van der Waals surface area contributed by atoms with Gasteiger partial charge in [-0.2, -0.15) is 0 Å². The minimum absolute atomic E-state index is 0.586. The zero-order valence-electron chi connectivity index (χ0n) is 8.55. The van der Waals surface area contributed by atoms with Crippen molar-refractivity contribution in [2.24, 2.45) is 0 Å². The second kappa shape index (κ2) is 3.51. The number of hydrogen-bond donors (Lipinski definition) is 1. The molecule has 0 aliphatic heterocycles. The fourth-order valence-corrected chi connectivity index (χ4v) is 2.27. The quantitative estimate of drug-likeness (QED) is 0.696. The molecular formula is C14H10OS. The number of aliphatic hydroxyl groups is 1. The largest absolute Gasteiger partial charge is 0.383 e. The summed E-state index contributed by atoms with van der Waals surface area (Å²) in [4.78, 5) is 0.586. The molecular weight excluding hydrogens is 216 g/mol. The maximum absolute atomic E-state index is 10.00. The molecule has 1 aliphatic rings. The van der Waals surface area contributed by atoms with Crippen molar-refractivity contribution in [2.75, 3.05) is 0 Å². The Morgan fingerprint density at radius 3 is 2.44 bits per heavy atom. The van der Waals surface area contributed by atoms with Crippen LogP contribution in [0.25, 0.3) is 16.8 Å². The molecule has 0 radical (unpaired) electrons. The van der Waals surface area contributed by atoms with Gasteiger partial charge in [-0.05, 0) is 40.1 Å². The third kappa shape index (κ3) is 1.39. The van der Waals surface area contributed by atoms with Crippen molar-refractivity contribution in [3.05, 3.63) is 53.6 Å². The van der Waals surface area contributed by atoms with E-state index >= 15 is 0 Å². The monoisotopic (exact) mass is 226 g/mol. The van der Waals surface area contributed by atoms with Crippen LogP contribution in [0.4, 0.5) is 0 Å². The lowest BCUT2D eigenvalue weighted by Gasteiger charge is -2.18. The third-order valence-corrected chi connectivity index (χ3v) is 3.30. The number of rotatable bonds is 0. The minimum atomic E-state index is -0.639. The Bertz CT molecular complexity index is 613. The molecule has 2 heteroatoms. The molecule has 1 aliphatic carbocycles. The first-order chi connectivity index (χ1) is 7.75. The summed E-state index contributed by atoms with van der Waals surface area (Å²) in [5.74, 6) is 0. The van der Waals surface area contributed by atoms with Crippen molar-refractivity contribution in [3.63, 3.8) is 0 Å². The molecule has 1 nitrogen and oxygen atoms in total. The highest BCUT2D eigenvalue weighted by atomic mass is 32.1. The molecule has 0 heterocycles. The maximum atomic E-state index is 10.00. The van der Waals surface area contributed by atoms with Crippen LogP contribution >= 0.6 is 12.2 Å². The lowest BCUT2D eigenvalue weighted by Crippen LogP contribution is -2.12. The second-order valence-electron chi connectivity index (χ2n) is 3.97. The topological polar surface area (TPSA) is 20.2 Å². The van der Waals surface area contributed by atoms with Gasteiger partial charge in [-0.1, -0.05) is 42.6 Å². The number of aliphatic hydroxyl groups excluding tert-OH is 1. The van der Waals surface area contributed by atoms with E-state index in [1.54, 1.807) is 6.08 Å². The van der Waals surface area contributed by atoms with Gasteiger partial charge in [0.05, 0.1) is 0 Å². The van der Waals surface area contributed by atoms with Gasteiger partial charge >= 0.3 is 0 Å². The van der Waals surface area contributed by atoms with Gasteiger partial charge in [0.15, 0.2) is 0 Å². The van der Waals surface area contributed by atoms with Crippen molar-refractivity contribution in [1.82, 2.24) is 0 Å². The van der Waals surface area contributed by atoms with Crippen LogP contribution in [0.3, 0.4) is 0 Å². The lowest BCUT2D eigenvalue weighted by atomic mass is 9.92. The highest BCUT2D eigenvalue weighted by molar-refractivity contribution is 7.80. The third-order valence-electron chi connectivity index (χ3n) is 2.94. The summed E-state index contributed by atoms with van der Waals surface area (Å²) in [6, 6.07) is 12.2. The summed E-state index contributed by atoms with van der Waals surface area (Å²) in [5, 5.41) is 12.3. The predicted molar refractivity (Wildman–Crippen MR) is 70.5 cm³/mol. The Balaban J connectivity index is 2.33. The number of benzene rings is 2. The van der Waals surface area contributed by atoms with Crippen LogP contribution < -0.4 is 0 Å². The smallest absolute Gasteiger partial charge is 0.115 e. The molecule has 0 spiro atoms. The van der Waals surface area contributed by atoms with E-state index in [-0.39, 0.29) is 0 Å². The Morgan fingerprint density at radius 2 is 1.69 bits per heavy atom. The van der Waals surface area contributed by atoms with Crippen LogP contribution in [0.1, 0.15) is 17.2 Å². The molecule has 2 aromatic carbocycles. The maximum Gasteiger partial charge on any atom is 0.115 e. The molecule has 1 unspecified atom stereocenters. The number of fused-ring (bicyclic) bond motifs is 2. The molecule has 1 N–H and O–H groups in total. The standard InChI is InChI=1S/C14H10OS/c15-14-12-8-10-4-2-1-3-9(10)7-11(12)5-6-13(14)16/h1-8,14-15H.